The molecule has 66 valence electrons. The number of hydrogen-bond donors (Lipinski definition) is 1. The van der Waals surface area contributed by atoms with Crippen LogP contribution in [0, 0.1) is 5.82 Å². The van der Waals surface area contributed by atoms with Gasteiger partial charge in [0.25, 0.3) is 0 Å². The number of rotatable bonds is 1. The zero-order valence-electron chi connectivity index (χ0n) is 6.70. The van der Waals surface area contributed by atoms with Crippen molar-refractivity contribution in [3.05, 3.63) is 41.5 Å². The van der Waals surface area contributed by atoms with Crippen LogP contribution in [-0.4, -0.2) is 5.11 Å². The Morgan fingerprint density at radius 3 is 2.69 bits per heavy atom. The van der Waals surface area contributed by atoms with E-state index in [1.807, 2.05) is 17.5 Å². The van der Waals surface area contributed by atoms with Crippen molar-refractivity contribution < 1.29 is 9.50 Å². The van der Waals surface area contributed by atoms with Crippen LogP contribution in [0.15, 0.2) is 35.7 Å². The Balaban J connectivity index is 2.49. The third-order valence-corrected chi connectivity index (χ3v) is 2.67. The predicted octanol–water partition coefficient (Wildman–Crippen LogP) is 3.26. The maximum atomic E-state index is 12.7. The molecule has 0 spiro atoms. The van der Waals surface area contributed by atoms with Crippen molar-refractivity contribution in [1.82, 2.24) is 0 Å². The molecular formula is C10H7FOS. The zero-order valence-corrected chi connectivity index (χ0v) is 7.51. The summed E-state index contributed by atoms with van der Waals surface area (Å²) in [5.74, 6) is -0.883. The average molecular weight is 194 g/mol. The summed E-state index contributed by atoms with van der Waals surface area (Å²) >= 11 is 1.56. The molecule has 13 heavy (non-hydrogen) atoms. The highest BCUT2D eigenvalue weighted by Gasteiger charge is 2.03. The first kappa shape index (κ1) is 8.26. The highest BCUT2D eigenvalue weighted by Crippen LogP contribution is 2.28. The van der Waals surface area contributed by atoms with Gasteiger partial charge in [-0.15, -0.1) is 11.3 Å². The third kappa shape index (κ3) is 1.55. The van der Waals surface area contributed by atoms with Gasteiger partial charge in [-0.05, 0) is 29.1 Å². The molecule has 0 amide bonds. The number of aromatic hydroxyl groups is 1. The maximum absolute atomic E-state index is 12.7. The van der Waals surface area contributed by atoms with Crippen LogP contribution in [0.1, 0.15) is 0 Å². The van der Waals surface area contributed by atoms with Crippen LogP contribution in [0.25, 0.3) is 10.4 Å². The summed E-state index contributed by atoms with van der Waals surface area (Å²) in [6.07, 6.45) is 0. The maximum Gasteiger partial charge on any atom is 0.164 e. The van der Waals surface area contributed by atoms with E-state index < -0.39 is 5.82 Å². The highest BCUT2D eigenvalue weighted by molar-refractivity contribution is 7.13. The molecule has 1 N–H and O–H groups in total. The van der Waals surface area contributed by atoms with Crippen LogP contribution in [-0.2, 0) is 0 Å². The molecule has 0 saturated heterocycles. The number of benzene rings is 1. The number of phenols is 1. The van der Waals surface area contributed by atoms with E-state index in [2.05, 4.69) is 0 Å². The van der Waals surface area contributed by atoms with E-state index in [9.17, 15) is 4.39 Å². The van der Waals surface area contributed by atoms with Gasteiger partial charge in [-0.3, -0.25) is 0 Å². The second-order valence-corrected chi connectivity index (χ2v) is 3.59. The summed E-state index contributed by atoms with van der Waals surface area (Å²) < 4.78 is 12.7. The van der Waals surface area contributed by atoms with E-state index in [1.54, 1.807) is 17.4 Å². The van der Waals surface area contributed by atoms with Gasteiger partial charge in [0.1, 0.15) is 0 Å². The lowest BCUT2D eigenvalue weighted by Gasteiger charge is -1.98. The van der Waals surface area contributed by atoms with E-state index >= 15 is 0 Å². The highest BCUT2D eigenvalue weighted by atomic mass is 32.1. The number of halogens is 1. The van der Waals surface area contributed by atoms with Crippen molar-refractivity contribution in [3.8, 4) is 16.2 Å². The van der Waals surface area contributed by atoms with E-state index in [1.165, 1.54) is 12.1 Å². The van der Waals surface area contributed by atoms with Gasteiger partial charge in [0.05, 0.1) is 0 Å². The first-order valence-corrected chi connectivity index (χ1v) is 4.68. The summed E-state index contributed by atoms with van der Waals surface area (Å²) in [7, 11) is 0. The average Bonchev–Trinajstić information content (AvgIpc) is 2.62. The molecule has 2 aromatic rings. The quantitative estimate of drug-likeness (QED) is 0.738. The Hall–Kier alpha value is -1.35. The Kier molecular flexibility index (Phi) is 2.02. The van der Waals surface area contributed by atoms with Crippen molar-refractivity contribution in [3.63, 3.8) is 0 Å². The lowest BCUT2D eigenvalue weighted by molar-refractivity contribution is 0.433. The van der Waals surface area contributed by atoms with Crippen molar-refractivity contribution in [1.29, 1.82) is 0 Å². The molecule has 1 heterocycles. The third-order valence-electron chi connectivity index (χ3n) is 1.75. The topological polar surface area (TPSA) is 20.2 Å². The van der Waals surface area contributed by atoms with Gasteiger partial charge in [-0.1, -0.05) is 12.1 Å². The van der Waals surface area contributed by atoms with Crippen LogP contribution >= 0.6 is 11.3 Å². The van der Waals surface area contributed by atoms with Gasteiger partial charge in [-0.25, -0.2) is 4.39 Å². The molecule has 3 heteroatoms. The van der Waals surface area contributed by atoms with Crippen LogP contribution in [0.2, 0.25) is 0 Å². The predicted molar refractivity (Wildman–Crippen MR) is 51.4 cm³/mol. The summed E-state index contributed by atoms with van der Waals surface area (Å²) in [6.45, 7) is 0. The molecule has 1 aromatic carbocycles. The van der Waals surface area contributed by atoms with Gasteiger partial charge in [0.2, 0.25) is 0 Å². The normalized spacial score (nSPS) is 10.2. The SMILES string of the molecule is Oc1cc(-c2cccs2)ccc1F. The fourth-order valence-corrected chi connectivity index (χ4v) is 1.83. The Labute approximate surface area is 79.1 Å². The molecule has 0 aliphatic rings. The Morgan fingerprint density at radius 2 is 2.08 bits per heavy atom. The molecule has 0 radical (unpaired) electrons. The molecule has 1 nitrogen and oxygen atoms in total. The van der Waals surface area contributed by atoms with Crippen LogP contribution in [0.3, 0.4) is 0 Å². The lowest BCUT2D eigenvalue weighted by Crippen LogP contribution is -1.77. The minimum absolute atomic E-state index is 0.300. The van der Waals surface area contributed by atoms with Crippen molar-refractivity contribution in [2.75, 3.05) is 0 Å². The molecule has 0 unspecified atom stereocenters. The van der Waals surface area contributed by atoms with Gasteiger partial charge in [0.15, 0.2) is 11.6 Å². The largest absolute Gasteiger partial charge is 0.505 e. The molecular weight excluding hydrogens is 187 g/mol. The van der Waals surface area contributed by atoms with Gasteiger partial charge < -0.3 is 5.11 Å². The first-order valence-electron chi connectivity index (χ1n) is 3.80. The first-order chi connectivity index (χ1) is 6.27. The Bertz CT molecular complexity index is 409. The number of hydrogen-bond acceptors (Lipinski definition) is 2. The van der Waals surface area contributed by atoms with E-state index in [4.69, 9.17) is 5.11 Å². The van der Waals surface area contributed by atoms with E-state index in [-0.39, 0.29) is 5.75 Å². The van der Waals surface area contributed by atoms with E-state index in [0.717, 1.165) is 10.4 Å². The fourth-order valence-electron chi connectivity index (χ4n) is 1.11. The number of thiophene rings is 1. The van der Waals surface area contributed by atoms with Gasteiger partial charge in [-0.2, -0.15) is 0 Å². The van der Waals surface area contributed by atoms with E-state index in [0.29, 0.717) is 0 Å². The summed E-state index contributed by atoms with van der Waals surface area (Å²) in [5.41, 5.74) is 0.842. The fraction of sp³-hybridized carbons (Fsp3) is 0. The van der Waals surface area contributed by atoms with Crippen molar-refractivity contribution >= 4 is 11.3 Å². The second kappa shape index (κ2) is 3.18. The molecule has 0 aliphatic carbocycles. The summed E-state index contributed by atoms with van der Waals surface area (Å²) in [5, 5.41) is 11.1. The molecule has 0 saturated carbocycles. The number of phenolic OH excluding ortho intramolecular Hbond substituents is 1. The molecule has 0 fully saturated rings. The molecule has 2 rings (SSSR count). The summed E-state index contributed by atoms with van der Waals surface area (Å²) in [4.78, 5) is 1.02. The Morgan fingerprint density at radius 1 is 1.23 bits per heavy atom. The smallest absolute Gasteiger partial charge is 0.164 e. The zero-order chi connectivity index (χ0) is 9.26. The molecule has 0 atom stereocenters. The summed E-state index contributed by atoms with van der Waals surface area (Å²) in [6, 6.07) is 8.20. The van der Waals surface area contributed by atoms with Gasteiger partial charge >= 0.3 is 0 Å². The molecule has 0 aliphatic heterocycles. The molecule has 1 aromatic heterocycles. The van der Waals surface area contributed by atoms with Crippen molar-refractivity contribution in [2.45, 2.75) is 0 Å². The minimum Gasteiger partial charge on any atom is -0.505 e. The van der Waals surface area contributed by atoms with Crippen LogP contribution in [0.4, 0.5) is 4.39 Å². The van der Waals surface area contributed by atoms with Crippen LogP contribution in [0.5, 0.6) is 5.75 Å². The van der Waals surface area contributed by atoms with Gasteiger partial charge in [0, 0.05) is 4.88 Å². The van der Waals surface area contributed by atoms with Crippen molar-refractivity contribution in [2.24, 2.45) is 0 Å². The minimum atomic E-state index is -0.583. The molecule has 0 bridgehead atoms. The van der Waals surface area contributed by atoms with Crippen LogP contribution < -0.4 is 0 Å². The standard InChI is InChI=1S/C10H7FOS/c11-8-4-3-7(6-9(8)12)10-2-1-5-13-10/h1-6,12H. The lowest BCUT2D eigenvalue weighted by atomic mass is 10.2. The monoisotopic (exact) mass is 194 g/mol. The second-order valence-electron chi connectivity index (χ2n) is 2.64.